The maximum atomic E-state index is 5.31. The molecule has 0 amide bonds. The number of nitrogens with zero attached hydrogens (tertiary/aromatic N) is 1. The number of hydrogen-bond donors (Lipinski definition) is 0. The van der Waals surface area contributed by atoms with Crippen molar-refractivity contribution >= 4 is 5.90 Å². The van der Waals surface area contributed by atoms with Crippen LogP contribution in [0.4, 0.5) is 0 Å². The van der Waals surface area contributed by atoms with Gasteiger partial charge in [0.05, 0.1) is 6.61 Å². The molecule has 0 fully saturated rings. The largest absolute Gasteiger partial charge is 0.478 e. The second-order valence-corrected chi connectivity index (χ2v) is 2.22. The summed E-state index contributed by atoms with van der Waals surface area (Å²) in [7, 11) is 1.74. The minimum atomic E-state index is 0.730. The molecular formula is C9H17NO. The topological polar surface area (TPSA) is 21.6 Å². The molecule has 0 aromatic rings. The van der Waals surface area contributed by atoms with Crippen LogP contribution in [0.3, 0.4) is 0 Å². The minimum absolute atomic E-state index is 0.730. The zero-order valence-corrected chi connectivity index (χ0v) is 7.63. The van der Waals surface area contributed by atoms with Gasteiger partial charge in [0.25, 0.3) is 0 Å². The number of ether oxygens (including phenoxy) is 1. The van der Waals surface area contributed by atoms with E-state index in [1.54, 1.807) is 7.05 Å². The Morgan fingerprint density at radius 1 is 1.45 bits per heavy atom. The Kier molecular flexibility index (Phi) is 6.79. The number of rotatable bonds is 4. The molecule has 0 aliphatic heterocycles. The summed E-state index contributed by atoms with van der Waals surface area (Å²) < 4.78 is 5.31. The lowest BCUT2D eigenvalue weighted by Gasteiger charge is -2.01. The number of aliphatic imine (C=N–C) groups is 1. The predicted molar refractivity (Wildman–Crippen MR) is 49.0 cm³/mol. The van der Waals surface area contributed by atoms with Gasteiger partial charge in [-0.05, 0) is 18.9 Å². The summed E-state index contributed by atoms with van der Waals surface area (Å²) in [5, 5.41) is 0. The van der Waals surface area contributed by atoms with Crippen LogP contribution in [-0.4, -0.2) is 19.6 Å². The quantitative estimate of drug-likeness (QED) is 0.451. The zero-order chi connectivity index (χ0) is 8.53. The van der Waals surface area contributed by atoms with Gasteiger partial charge in [-0.3, -0.25) is 4.99 Å². The molecule has 11 heavy (non-hydrogen) atoms. The van der Waals surface area contributed by atoms with Crippen LogP contribution in [0.2, 0.25) is 0 Å². The van der Waals surface area contributed by atoms with E-state index >= 15 is 0 Å². The van der Waals surface area contributed by atoms with Gasteiger partial charge in [-0.1, -0.05) is 19.9 Å². The lowest BCUT2D eigenvalue weighted by atomic mass is 10.4. The zero-order valence-electron chi connectivity index (χ0n) is 7.63. The third kappa shape index (κ3) is 5.64. The van der Waals surface area contributed by atoms with Crippen molar-refractivity contribution in [2.75, 3.05) is 13.7 Å². The van der Waals surface area contributed by atoms with Crippen molar-refractivity contribution in [3.8, 4) is 0 Å². The fraction of sp³-hybridized carbons (Fsp3) is 0.667. The molecule has 0 saturated heterocycles. The Balaban J connectivity index is 3.68. The van der Waals surface area contributed by atoms with Crippen LogP contribution in [-0.2, 0) is 4.74 Å². The van der Waals surface area contributed by atoms with Gasteiger partial charge >= 0.3 is 0 Å². The van der Waals surface area contributed by atoms with Crippen molar-refractivity contribution in [3.05, 3.63) is 12.2 Å². The summed E-state index contributed by atoms with van der Waals surface area (Å²) in [4.78, 5) is 3.97. The molecule has 0 aromatic carbocycles. The van der Waals surface area contributed by atoms with Gasteiger partial charge in [0.1, 0.15) is 0 Å². The van der Waals surface area contributed by atoms with E-state index in [1.165, 1.54) is 0 Å². The Bertz CT molecular complexity index is 138. The molecule has 2 heteroatoms. The molecule has 0 aromatic heterocycles. The first kappa shape index (κ1) is 10.2. The van der Waals surface area contributed by atoms with Crippen molar-refractivity contribution in [3.63, 3.8) is 0 Å². The highest BCUT2D eigenvalue weighted by Crippen LogP contribution is 1.89. The third-order valence-corrected chi connectivity index (χ3v) is 1.17. The van der Waals surface area contributed by atoms with E-state index in [2.05, 4.69) is 18.8 Å². The van der Waals surface area contributed by atoms with Crippen LogP contribution >= 0.6 is 0 Å². The van der Waals surface area contributed by atoms with E-state index in [9.17, 15) is 0 Å². The molecule has 0 unspecified atom stereocenters. The monoisotopic (exact) mass is 155 g/mol. The molecule has 0 radical (unpaired) electrons. The summed E-state index contributed by atoms with van der Waals surface area (Å²) in [5.74, 6) is 0.730. The van der Waals surface area contributed by atoms with E-state index in [1.807, 2.05) is 12.2 Å². The highest BCUT2D eigenvalue weighted by Gasteiger charge is 1.89. The SMILES string of the molecule is CC/C=C\C(=NC)OCCC. The second kappa shape index (κ2) is 7.32. The summed E-state index contributed by atoms with van der Waals surface area (Å²) in [6.45, 7) is 4.92. The normalized spacial score (nSPS) is 12.5. The van der Waals surface area contributed by atoms with Crippen LogP contribution in [0.25, 0.3) is 0 Å². The van der Waals surface area contributed by atoms with Gasteiger partial charge < -0.3 is 4.74 Å². The maximum Gasteiger partial charge on any atom is 0.207 e. The maximum absolute atomic E-state index is 5.31. The first-order valence-electron chi connectivity index (χ1n) is 4.11. The molecule has 0 saturated carbocycles. The highest BCUT2D eigenvalue weighted by atomic mass is 16.5. The highest BCUT2D eigenvalue weighted by molar-refractivity contribution is 5.87. The van der Waals surface area contributed by atoms with Crippen molar-refractivity contribution in [1.82, 2.24) is 0 Å². The molecule has 0 aliphatic carbocycles. The van der Waals surface area contributed by atoms with Gasteiger partial charge in [0, 0.05) is 7.05 Å². The van der Waals surface area contributed by atoms with E-state index in [0.717, 1.165) is 25.3 Å². The Morgan fingerprint density at radius 2 is 2.18 bits per heavy atom. The predicted octanol–water partition coefficient (Wildman–Crippen LogP) is 2.41. The fourth-order valence-corrected chi connectivity index (χ4v) is 0.612. The summed E-state index contributed by atoms with van der Waals surface area (Å²) in [6, 6.07) is 0. The molecule has 0 bridgehead atoms. The fourth-order valence-electron chi connectivity index (χ4n) is 0.612. The van der Waals surface area contributed by atoms with Crippen LogP contribution in [0, 0.1) is 0 Å². The lowest BCUT2D eigenvalue weighted by Crippen LogP contribution is -2.01. The first-order chi connectivity index (χ1) is 5.35. The Morgan fingerprint density at radius 3 is 2.64 bits per heavy atom. The molecule has 2 nitrogen and oxygen atoms in total. The second-order valence-electron chi connectivity index (χ2n) is 2.22. The van der Waals surface area contributed by atoms with Gasteiger partial charge in [-0.15, -0.1) is 0 Å². The molecule has 0 heterocycles. The van der Waals surface area contributed by atoms with E-state index in [0.29, 0.717) is 0 Å². The summed E-state index contributed by atoms with van der Waals surface area (Å²) >= 11 is 0. The van der Waals surface area contributed by atoms with Gasteiger partial charge in [-0.2, -0.15) is 0 Å². The van der Waals surface area contributed by atoms with Gasteiger partial charge in [0.2, 0.25) is 5.90 Å². The molecule has 0 rings (SSSR count). The van der Waals surface area contributed by atoms with Crippen LogP contribution in [0.1, 0.15) is 26.7 Å². The van der Waals surface area contributed by atoms with Crippen molar-refractivity contribution in [2.45, 2.75) is 26.7 Å². The molecule has 0 spiro atoms. The minimum Gasteiger partial charge on any atom is -0.478 e. The van der Waals surface area contributed by atoms with Crippen LogP contribution < -0.4 is 0 Å². The Hall–Kier alpha value is -0.790. The van der Waals surface area contributed by atoms with E-state index in [-0.39, 0.29) is 0 Å². The molecule has 64 valence electrons. The average Bonchev–Trinajstić information content (AvgIpc) is 2.05. The van der Waals surface area contributed by atoms with Crippen LogP contribution in [0.15, 0.2) is 17.1 Å². The number of allylic oxidation sites excluding steroid dienone is 1. The summed E-state index contributed by atoms with van der Waals surface area (Å²) in [5.41, 5.74) is 0. The average molecular weight is 155 g/mol. The molecule has 0 N–H and O–H groups in total. The van der Waals surface area contributed by atoms with Crippen molar-refractivity contribution < 1.29 is 4.74 Å². The standard InChI is InChI=1S/C9H17NO/c1-4-6-7-9(10-3)11-8-5-2/h6-7H,4-5,8H2,1-3H3/b7-6-,10-9?. The van der Waals surface area contributed by atoms with Gasteiger partial charge in [-0.25, -0.2) is 0 Å². The lowest BCUT2D eigenvalue weighted by molar-refractivity contribution is 0.306. The third-order valence-electron chi connectivity index (χ3n) is 1.17. The molecule has 0 aliphatic rings. The Labute approximate surface area is 69.0 Å². The van der Waals surface area contributed by atoms with Gasteiger partial charge in [0.15, 0.2) is 0 Å². The summed E-state index contributed by atoms with van der Waals surface area (Å²) in [6.07, 6.45) is 6.00. The molecular weight excluding hydrogens is 138 g/mol. The smallest absolute Gasteiger partial charge is 0.207 e. The van der Waals surface area contributed by atoms with E-state index in [4.69, 9.17) is 4.74 Å². The van der Waals surface area contributed by atoms with Crippen molar-refractivity contribution in [2.24, 2.45) is 4.99 Å². The van der Waals surface area contributed by atoms with Crippen LogP contribution in [0.5, 0.6) is 0 Å². The van der Waals surface area contributed by atoms with Crippen molar-refractivity contribution in [1.29, 1.82) is 0 Å². The van der Waals surface area contributed by atoms with E-state index < -0.39 is 0 Å². The first-order valence-corrected chi connectivity index (χ1v) is 4.11. The molecule has 0 atom stereocenters. The number of hydrogen-bond acceptors (Lipinski definition) is 2.